The second-order valence-corrected chi connectivity index (χ2v) is 3.63. The summed E-state index contributed by atoms with van der Waals surface area (Å²) in [7, 11) is 1.53. The van der Waals surface area contributed by atoms with E-state index in [0.717, 1.165) is 5.69 Å². The highest BCUT2D eigenvalue weighted by atomic mass is 16.3. The van der Waals surface area contributed by atoms with Crippen molar-refractivity contribution in [3.05, 3.63) is 47.5 Å². The molecule has 2 aromatic rings. The highest BCUT2D eigenvalue weighted by molar-refractivity contribution is 5.97. The number of nitrogens with zero attached hydrogens (tertiary/aromatic N) is 1. The van der Waals surface area contributed by atoms with Crippen molar-refractivity contribution in [1.29, 1.82) is 0 Å². The van der Waals surface area contributed by atoms with Crippen LogP contribution < -0.4 is 5.32 Å². The molecule has 0 saturated carbocycles. The third kappa shape index (κ3) is 2.28. The molecule has 0 saturated heterocycles. The molecule has 0 fully saturated rings. The van der Waals surface area contributed by atoms with Crippen molar-refractivity contribution < 1.29 is 9.90 Å². The number of phenolic OH excluding ortho intramolecular Hbond substituents is 1. The van der Waals surface area contributed by atoms with E-state index < -0.39 is 0 Å². The van der Waals surface area contributed by atoms with Gasteiger partial charge in [-0.25, -0.2) is 4.98 Å². The second kappa shape index (κ2) is 4.69. The fourth-order valence-corrected chi connectivity index (χ4v) is 1.63. The van der Waals surface area contributed by atoms with Gasteiger partial charge >= 0.3 is 0 Å². The van der Waals surface area contributed by atoms with E-state index >= 15 is 0 Å². The molecule has 1 aromatic carbocycles. The summed E-state index contributed by atoms with van der Waals surface area (Å²) in [5, 5.41) is 12.5. The second-order valence-electron chi connectivity index (χ2n) is 3.63. The molecule has 0 atom stereocenters. The van der Waals surface area contributed by atoms with Crippen LogP contribution in [0.15, 0.2) is 30.7 Å². The SMILES string of the molecule is CNC(=O)c1cccc(Cc2c[nH]cn2)c1O. The van der Waals surface area contributed by atoms with Crippen molar-refractivity contribution in [2.75, 3.05) is 7.05 Å². The molecule has 0 spiro atoms. The first-order valence-electron chi connectivity index (χ1n) is 5.23. The summed E-state index contributed by atoms with van der Waals surface area (Å²) >= 11 is 0. The summed E-state index contributed by atoms with van der Waals surface area (Å²) in [4.78, 5) is 18.4. The maximum Gasteiger partial charge on any atom is 0.254 e. The number of hydrogen-bond donors (Lipinski definition) is 3. The Bertz CT molecular complexity index is 521. The molecular formula is C12H13N3O2. The first-order valence-corrected chi connectivity index (χ1v) is 5.23. The molecule has 17 heavy (non-hydrogen) atoms. The van der Waals surface area contributed by atoms with Gasteiger partial charge in [0.05, 0.1) is 17.6 Å². The van der Waals surface area contributed by atoms with Crippen LogP contribution in [-0.2, 0) is 6.42 Å². The minimum absolute atomic E-state index is 0.00912. The number of carbonyl (C=O) groups is 1. The van der Waals surface area contributed by atoms with Crippen LogP contribution in [0.2, 0.25) is 0 Å². The lowest BCUT2D eigenvalue weighted by Gasteiger charge is -2.07. The topological polar surface area (TPSA) is 78.0 Å². The normalized spacial score (nSPS) is 10.2. The van der Waals surface area contributed by atoms with E-state index in [9.17, 15) is 9.90 Å². The van der Waals surface area contributed by atoms with E-state index in [-0.39, 0.29) is 17.2 Å². The van der Waals surface area contributed by atoms with Crippen LogP contribution in [-0.4, -0.2) is 28.0 Å². The molecule has 1 amide bonds. The van der Waals surface area contributed by atoms with Crippen LogP contribution >= 0.6 is 0 Å². The molecule has 0 aliphatic carbocycles. The van der Waals surface area contributed by atoms with Crippen LogP contribution in [0.25, 0.3) is 0 Å². The molecule has 0 bridgehead atoms. The van der Waals surface area contributed by atoms with E-state index in [1.165, 1.54) is 7.05 Å². The summed E-state index contributed by atoms with van der Waals surface area (Å²) in [5.41, 5.74) is 1.77. The molecule has 0 aliphatic rings. The van der Waals surface area contributed by atoms with Gasteiger partial charge in [-0.1, -0.05) is 12.1 Å². The van der Waals surface area contributed by atoms with Crippen LogP contribution in [0, 0.1) is 0 Å². The molecular weight excluding hydrogens is 218 g/mol. The molecule has 5 nitrogen and oxygen atoms in total. The van der Waals surface area contributed by atoms with E-state index in [4.69, 9.17) is 0 Å². The lowest BCUT2D eigenvalue weighted by molar-refractivity contribution is 0.0960. The van der Waals surface area contributed by atoms with E-state index in [1.807, 2.05) is 0 Å². The van der Waals surface area contributed by atoms with Crippen molar-refractivity contribution in [2.24, 2.45) is 0 Å². The van der Waals surface area contributed by atoms with E-state index in [2.05, 4.69) is 15.3 Å². The Hall–Kier alpha value is -2.30. The molecule has 3 N–H and O–H groups in total. The van der Waals surface area contributed by atoms with Gasteiger partial charge in [-0.05, 0) is 6.07 Å². The zero-order valence-electron chi connectivity index (χ0n) is 9.40. The minimum Gasteiger partial charge on any atom is -0.507 e. The van der Waals surface area contributed by atoms with Gasteiger partial charge in [0.2, 0.25) is 0 Å². The van der Waals surface area contributed by atoms with E-state index in [0.29, 0.717) is 12.0 Å². The number of aromatic amines is 1. The smallest absolute Gasteiger partial charge is 0.254 e. The molecule has 5 heteroatoms. The number of rotatable bonds is 3. The number of carbonyl (C=O) groups excluding carboxylic acids is 1. The van der Waals surface area contributed by atoms with Crippen LogP contribution in [0.3, 0.4) is 0 Å². The van der Waals surface area contributed by atoms with Crippen LogP contribution in [0.4, 0.5) is 0 Å². The van der Waals surface area contributed by atoms with Gasteiger partial charge < -0.3 is 15.4 Å². The van der Waals surface area contributed by atoms with Crippen molar-refractivity contribution in [3.63, 3.8) is 0 Å². The maximum atomic E-state index is 11.5. The number of aromatic hydroxyl groups is 1. The maximum absolute atomic E-state index is 11.5. The molecule has 88 valence electrons. The predicted octanol–water partition coefficient (Wildman–Crippen LogP) is 1.07. The molecule has 1 aromatic heterocycles. The van der Waals surface area contributed by atoms with Gasteiger partial charge in [0.1, 0.15) is 5.75 Å². The molecule has 2 rings (SSSR count). The predicted molar refractivity (Wildman–Crippen MR) is 62.9 cm³/mol. The summed E-state index contributed by atoms with van der Waals surface area (Å²) in [6.07, 6.45) is 3.82. The third-order valence-electron chi connectivity index (χ3n) is 2.52. The number of imidazole rings is 1. The number of aromatic nitrogens is 2. The molecule has 0 aliphatic heterocycles. The van der Waals surface area contributed by atoms with Crippen LogP contribution in [0.5, 0.6) is 5.75 Å². The zero-order chi connectivity index (χ0) is 12.3. The quantitative estimate of drug-likeness (QED) is 0.739. The summed E-state index contributed by atoms with van der Waals surface area (Å²) < 4.78 is 0. The fraction of sp³-hybridized carbons (Fsp3) is 0.167. The highest BCUT2D eigenvalue weighted by Gasteiger charge is 2.13. The first kappa shape index (κ1) is 11.2. The van der Waals surface area contributed by atoms with Gasteiger partial charge in [0.25, 0.3) is 5.91 Å². The number of amides is 1. The average Bonchev–Trinajstić information content (AvgIpc) is 2.84. The fourth-order valence-electron chi connectivity index (χ4n) is 1.63. The van der Waals surface area contributed by atoms with Crippen LogP contribution in [0.1, 0.15) is 21.6 Å². The summed E-state index contributed by atoms with van der Waals surface area (Å²) in [6, 6.07) is 5.10. The van der Waals surface area contributed by atoms with Gasteiger partial charge in [-0.2, -0.15) is 0 Å². The Kier molecular flexibility index (Phi) is 3.09. The minimum atomic E-state index is -0.300. The summed E-state index contributed by atoms with van der Waals surface area (Å²) in [5.74, 6) is -0.291. The number of nitrogens with one attached hydrogen (secondary N) is 2. The Balaban J connectivity index is 2.32. The Morgan fingerprint density at radius 2 is 2.35 bits per heavy atom. The number of benzene rings is 1. The Labute approximate surface area is 98.5 Å². The van der Waals surface area contributed by atoms with Crippen molar-refractivity contribution in [2.45, 2.75) is 6.42 Å². The Morgan fingerprint density at radius 1 is 1.53 bits per heavy atom. The average molecular weight is 231 g/mol. The highest BCUT2D eigenvalue weighted by Crippen LogP contribution is 2.24. The van der Waals surface area contributed by atoms with Crippen molar-refractivity contribution in [1.82, 2.24) is 15.3 Å². The lowest BCUT2D eigenvalue weighted by atomic mass is 10.0. The number of para-hydroxylation sites is 1. The number of hydrogen-bond acceptors (Lipinski definition) is 3. The standard InChI is InChI=1S/C12H13N3O2/c1-13-12(17)10-4-2-3-8(11(10)16)5-9-6-14-7-15-9/h2-4,6-7,16H,5H2,1H3,(H,13,17)(H,14,15). The lowest BCUT2D eigenvalue weighted by Crippen LogP contribution is -2.18. The molecule has 0 unspecified atom stereocenters. The van der Waals surface area contributed by atoms with Gasteiger partial charge in [0, 0.05) is 25.2 Å². The monoisotopic (exact) mass is 231 g/mol. The third-order valence-corrected chi connectivity index (χ3v) is 2.52. The number of phenols is 1. The van der Waals surface area contributed by atoms with Crippen molar-refractivity contribution in [3.8, 4) is 5.75 Å². The van der Waals surface area contributed by atoms with Gasteiger partial charge in [-0.3, -0.25) is 4.79 Å². The van der Waals surface area contributed by atoms with Gasteiger partial charge in [-0.15, -0.1) is 0 Å². The van der Waals surface area contributed by atoms with Crippen molar-refractivity contribution >= 4 is 5.91 Å². The molecule has 0 radical (unpaired) electrons. The summed E-state index contributed by atoms with van der Waals surface area (Å²) in [6.45, 7) is 0. The molecule has 1 heterocycles. The first-order chi connectivity index (χ1) is 8.22. The van der Waals surface area contributed by atoms with E-state index in [1.54, 1.807) is 30.7 Å². The zero-order valence-corrected chi connectivity index (χ0v) is 9.40. The Morgan fingerprint density at radius 3 is 3.00 bits per heavy atom. The largest absolute Gasteiger partial charge is 0.507 e. The number of H-pyrrole nitrogens is 1. The van der Waals surface area contributed by atoms with Gasteiger partial charge in [0.15, 0.2) is 0 Å².